The molecule has 8 fully saturated rings. The van der Waals surface area contributed by atoms with Crippen LogP contribution in [0.3, 0.4) is 0 Å². The van der Waals surface area contributed by atoms with Crippen molar-refractivity contribution in [3.05, 3.63) is 36.0 Å². The molecule has 1 aromatic heterocycles. The van der Waals surface area contributed by atoms with E-state index in [1.54, 1.807) is 0 Å². The van der Waals surface area contributed by atoms with Crippen molar-refractivity contribution in [2.75, 3.05) is 24.7 Å². The maximum Gasteiger partial charge on any atom is 0.493 e. The number of nitrogens with zero attached hydrogens (tertiary/aromatic N) is 3. The highest BCUT2D eigenvalue weighted by Crippen LogP contribution is 2.71. The maximum atomic E-state index is 14.4. The first-order valence-electron chi connectivity index (χ1n) is 15.7. The molecule has 0 N–H and O–H groups in total. The number of hydrogen-bond acceptors (Lipinski definition) is 6. The van der Waals surface area contributed by atoms with E-state index in [4.69, 9.17) is 18.8 Å². The molecule has 9 heteroatoms. The second-order valence-corrected chi connectivity index (χ2v) is 15.6. The average Bonchev–Trinajstić information content (AvgIpc) is 3.67. The second-order valence-electron chi connectivity index (χ2n) is 15.6. The van der Waals surface area contributed by atoms with Crippen molar-refractivity contribution in [3.8, 4) is 0 Å². The van der Waals surface area contributed by atoms with Crippen LogP contribution in [0, 0.1) is 16.2 Å². The number of anilines is 1. The summed E-state index contributed by atoms with van der Waals surface area (Å²) in [6.07, 6.45) is 10.6. The highest BCUT2D eigenvalue weighted by molar-refractivity contribution is 6.61. The highest BCUT2D eigenvalue weighted by Gasteiger charge is 2.69. The molecule has 2 heterocycles. The van der Waals surface area contributed by atoms with E-state index in [9.17, 15) is 9.18 Å². The molecule has 0 spiro atoms. The van der Waals surface area contributed by atoms with Crippen LogP contribution < -0.4 is 10.4 Å². The third-order valence-corrected chi connectivity index (χ3v) is 11.3. The number of halogens is 1. The van der Waals surface area contributed by atoms with E-state index in [1.807, 2.05) is 23.1 Å². The van der Waals surface area contributed by atoms with Gasteiger partial charge in [0.1, 0.15) is 5.67 Å². The van der Waals surface area contributed by atoms with E-state index in [-0.39, 0.29) is 27.6 Å². The number of hydrogen-bond donors (Lipinski definition) is 0. The maximum absolute atomic E-state index is 14.4. The lowest BCUT2D eigenvalue weighted by Gasteiger charge is -2.66. The molecule has 41 heavy (non-hydrogen) atoms. The van der Waals surface area contributed by atoms with Crippen molar-refractivity contribution in [1.82, 2.24) is 10.1 Å². The second kappa shape index (κ2) is 8.88. The lowest BCUT2D eigenvalue weighted by Crippen LogP contribution is -2.65. The average molecular weight is 562 g/mol. The SMILES string of the molecule is CC1(C)COB(c2cccc(N(CC34CCC(c5nc(C6CC6)no5)(CC3)CC4)C(=O)CC34CC(F)(C3)C4)c2)OC1. The Morgan fingerprint density at radius 3 is 2.34 bits per heavy atom. The van der Waals surface area contributed by atoms with Gasteiger partial charge in [-0.05, 0) is 99.1 Å². The molecule has 1 saturated heterocycles. The van der Waals surface area contributed by atoms with E-state index in [1.165, 1.54) is 12.8 Å². The number of fused-ring (bicyclic) bond motifs is 3. The Morgan fingerprint density at radius 2 is 1.71 bits per heavy atom. The van der Waals surface area contributed by atoms with Crippen LogP contribution >= 0.6 is 0 Å². The number of carbonyl (C=O) groups is 1. The molecule has 8 aliphatic rings. The molecule has 0 radical (unpaired) electrons. The number of amides is 1. The van der Waals surface area contributed by atoms with Crippen molar-refractivity contribution >= 4 is 24.2 Å². The Bertz CT molecular complexity index is 1320. The first-order chi connectivity index (χ1) is 19.6. The van der Waals surface area contributed by atoms with E-state index in [0.29, 0.717) is 51.4 Å². The number of benzene rings is 1. The van der Waals surface area contributed by atoms with E-state index in [0.717, 1.165) is 61.4 Å². The molecule has 218 valence electrons. The van der Waals surface area contributed by atoms with Gasteiger partial charge in [-0.3, -0.25) is 4.79 Å². The van der Waals surface area contributed by atoms with Gasteiger partial charge < -0.3 is 18.7 Å². The van der Waals surface area contributed by atoms with Crippen molar-refractivity contribution in [2.24, 2.45) is 16.2 Å². The van der Waals surface area contributed by atoms with Gasteiger partial charge in [0.15, 0.2) is 5.82 Å². The van der Waals surface area contributed by atoms with Gasteiger partial charge in [-0.2, -0.15) is 4.98 Å². The van der Waals surface area contributed by atoms with Crippen molar-refractivity contribution in [1.29, 1.82) is 0 Å². The summed E-state index contributed by atoms with van der Waals surface area (Å²) >= 11 is 0. The summed E-state index contributed by atoms with van der Waals surface area (Å²) in [5, 5.41) is 4.32. The Kier molecular flexibility index (Phi) is 5.71. The van der Waals surface area contributed by atoms with Crippen LogP contribution in [-0.2, 0) is 19.5 Å². The van der Waals surface area contributed by atoms with E-state index >= 15 is 0 Å². The van der Waals surface area contributed by atoms with Crippen LogP contribution in [0.25, 0.3) is 0 Å². The van der Waals surface area contributed by atoms with Crippen LogP contribution in [-0.4, -0.2) is 48.6 Å². The van der Waals surface area contributed by atoms with Gasteiger partial charge in [0.05, 0.1) is 0 Å². The lowest BCUT2D eigenvalue weighted by molar-refractivity contribution is -0.215. The molecule has 0 atom stereocenters. The molecule has 1 amide bonds. The topological polar surface area (TPSA) is 77.7 Å². The fraction of sp³-hybridized carbons (Fsp3) is 0.719. The van der Waals surface area contributed by atoms with Gasteiger partial charge in [-0.15, -0.1) is 0 Å². The predicted octanol–water partition coefficient (Wildman–Crippen LogP) is 5.62. The molecule has 1 aromatic carbocycles. The third kappa shape index (κ3) is 4.57. The van der Waals surface area contributed by atoms with Gasteiger partial charge in [0, 0.05) is 48.6 Å². The largest absolute Gasteiger partial charge is 0.493 e. The fourth-order valence-electron chi connectivity index (χ4n) is 8.63. The zero-order chi connectivity index (χ0) is 28.1. The van der Waals surface area contributed by atoms with E-state index < -0.39 is 12.8 Å². The Balaban J connectivity index is 1.02. The summed E-state index contributed by atoms with van der Waals surface area (Å²) in [6, 6.07) is 8.14. The number of aromatic nitrogens is 2. The van der Waals surface area contributed by atoms with Crippen LogP contribution in [0.1, 0.15) is 109 Å². The minimum absolute atomic E-state index is 0.0103. The van der Waals surface area contributed by atoms with E-state index in [2.05, 4.69) is 25.1 Å². The summed E-state index contributed by atoms with van der Waals surface area (Å²) in [5.74, 6) is 2.35. The van der Waals surface area contributed by atoms with Gasteiger partial charge >= 0.3 is 7.12 Å². The van der Waals surface area contributed by atoms with Crippen molar-refractivity contribution in [3.63, 3.8) is 0 Å². The summed E-state index contributed by atoms with van der Waals surface area (Å²) < 4.78 is 32.4. The van der Waals surface area contributed by atoms with Crippen molar-refractivity contribution in [2.45, 2.75) is 108 Å². The van der Waals surface area contributed by atoms with Crippen molar-refractivity contribution < 1.29 is 23.0 Å². The van der Waals surface area contributed by atoms with Gasteiger partial charge in [-0.1, -0.05) is 31.1 Å². The standard InChI is InChI=1S/C32H41BFN3O4/c1-28(2)20-39-33(40-21-28)23-4-3-5-24(14-23)37(25(38)15-30-16-32(34,17-30)18-30)19-29-8-11-31(12-9-29,13-10-29)27-35-26(36-41-27)22-6-7-22/h3-5,14,22H,6-13,15-21H2,1-2H3. The van der Waals surface area contributed by atoms with Gasteiger partial charge in [0.2, 0.25) is 11.8 Å². The molecule has 4 bridgehead atoms. The monoisotopic (exact) mass is 561 g/mol. The Morgan fingerprint density at radius 1 is 1.02 bits per heavy atom. The molecular formula is C32H41BFN3O4. The van der Waals surface area contributed by atoms with Crippen LogP contribution in [0.4, 0.5) is 10.1 Å². The molecule has 2 aromatic rings. The zero-order valence-corrected chi connectivity index (χ0v) is 24.4. The fourth-order valence-corrected chi connectivity index (χ4v) is 8.63. The zero-order valence-electron chi connectivity index (χ0n) is 24.4. The molecule has 7 aliphatic carbocycles. The number of carbonyl (C=O) groups excluding carboxylic acids is 1. The summed E-state index contributed by atoms with van der Waals surface area (Å²) in [7, 11) is -0.429. The molecule has 7 nitrogen and oxygen atoms in total. The molecule has 10 rings (SSSR count). The van der Waals surface area contributed by atoms with Gasteiger partial charge in [-0.25, -0.2) is 4.39 Å². The third-order valence-electron chi connectivity index (χ3n) is 11.3. The molecule has 7 saturated carbocycles. The first kappa shape index (κ1) is 26.4. The normalized spacial score (nSPS) is 36.9. The molecule has 1 aliphatic heterocycles. The Hall–Kier alpha value is -2.26. The highest BCUT2D eigenvalue weighted by atomic mass is 19.1. The summed E-state index contributed by atoms with van der Waals surface area (Å²) in [5.41, 5.74) is 0.744. The smallest absolute Gasteiger partial charge is 0.407 e. The Labute approximate surface area is 242 Å². The molecule has 0 unspecified atom stereocenters. The number of alkyl halides is 1. The minimum Gasteiger partial charge on any atom is -0.407 e. The molecular weight excluding hydrogens is 520 g/mol. The predicted molar refractivity (Wildman–Crippen MR) is 153 cm³/mol. The summed E-state index contributed by atoms with van der Waals surface area (Å²) in [4.78, 5) is 20.9. The lowest BCUT2D eigenvalue weighted by atomic mass is 9.41. The van der Waals surface area contributed by atoms with Crippen LogP contribution in [0.5, 0.6) is 0 Å². The quantitative estimate of drug-likeness (QED) is 0.390. The number of rotatable bonds is 8. The van der Waals surface area contributed by atoms with Crippen LogP contribution in [0.15, 0.2) is 28.8 Å². The first-order valence-corrected chi connectivity index (χ1v) is 15.7. The summed E-state index contributed by atoms with van der Waals surface area (Å²) in [6.45, 7) is 6.23. The van der Waals surface area contributed by atoms with Crippen LogP contribution in [0.2, 0.25) is 0 Å². The van der Waals surface area contributed by atoms with Gasteiger partial charge in [0.25, 0.3) is 0 Å². The minimum atomic E-state index is -1.00.